The molecule has 2 aromatic rings. The van der Waals surface area contributed by atoms with Crippen LogP contribution in [0, 0.1) is 0 Å². The molecule has 6 heteroatoms. The SMILES string of the molecule is CC1(C)OC2C(OCc3ccccc3)C[C@H](COC(=O)c3ccccc3)O[C@@H]2O1. The van der Waals surface area contributed by atoms with Crippen molar-refractivity contribution < 1.29 is 28.5 Å². The van der Waals surface area contributed by atoms with Crippen molar-refractivity contribution in [1.29, 1.82) is 0 Å². The number of esters is 1. The van der Waals surface area contributed by atoms with Gasteiger partial charge in [0, 0.05) is 6.42 Å². The highest BCUT2D eigenvalue weighted by Gasteiger charge is 2.51. The zero-order valence-electron chi connectivity index (χ0n) is 16.7. The molecule has 0 amide bonds. The summed E-state index contributed by atoms with van der Waals surface area (Å²) in [7, 11) is 0. The van der Waals surface area contributed by atoms with E-state index in [2.05, 4.69) is 0 Å². The topological polar surface area (TPSA) is 63.2 Å². The molecular formula is C23H26O6. The van der Waals surface area contributed by atoms with Crippen LogP contribution in [-0.2, 0) is 30.3 Å². The summed E-state index contributed by atoms with van der Waals surface area (Å²) in [4.78, 5) is 12.2. The molecule has 2 unspecified atom stereocenters. The maximum Gasteiger partial charge on any atom is 0.338 e. The molecule has 0 saturated carbocycles. The van der Waals surface area contributed by atoms with Gasteiger partial charge >= 0.3 is 5.97 Å². The lowest BCUT2D eigenvalue weighted by Gasteiger charge is -2.36. The molecule has 2 aliphatic heterocycles. The van der Waals surface area contributed by atoms with Crippen molar-refractivity contribution in [3.05, 3.63) is 71.8 Å². The largest absolute Gasteiger partial charge is 0.459 e. The quantitative estimate of drug-likeness (QED) is 0.692. The van der Waals surface area contributed by atoms with Crippen molar-refractivity contribution in [3.8, 4) is 0 Å². The average molecular weight is 398 g/mol. The molecule has 2 fully saturated rings. The number of fused-ring (bicyclic) bond motifs is 1. The molecule has 29 heavy (non-hydrogen) atoms. The Balaban J connectivity index is 1.39. The zero-order chi connectivity index (χ0) is 20.3. The number of benzene rings is 2. The summed E-state index contributed by atoms with van der Waals surface area (Å²) in [6.45, 7) is 4.31. The third-order valence-electron chi connectivity index (χ3n) is 4.99. The monoisotopic (exact) mass is 398 g/mol. The summed E-state index contributed by atoms with van der Waals surface area (Å²) in [5.74, 6) is -1.12. The van der Waals surface area contributed by atoms with Gasteiger partial charge in [0.1, 0.15) is 12.7 Å². The minimum atomic E-state index is -0.751. The maximum atomic E-state index is 12.2. The summed E-state index contributed by atoms with van der Waals surface area (Å²) in [5, 5.41) is 0. The molecule has 0 N–H and O–H groups in total. The molecule has 0 aromatic heterocycles. The Hall–Kier alpha value is -2.25. The minimum absolute atomic E-state index is 0.131. The Morgan fingerprint density at radius 2 is 1.72 bits per heavy atom. The third kappa shape index (κ3) is 5.03. The summed E-state index contributed by atoms with van der Waals surface area (Å²) in [6, 6.07) is 18.9. The Morgan fingerprint density at radius 3 is 2.45 bits per heavy atom. The van der Waals surface area contributed by atoms with E-state index >= 15 is 0 Å². The number of hydrogen-bond donors (Lipinski definition) is 0. The van der Waals surface area contributed by atoms with Gasteiger partial charge in [-0.15, -0.1) is 0 Å². The molecule has 2 aliphatic rings. The fourth-order valence-corrected chi connectivity index (χ4v) is 3.63. The lowest BCUT2D eigenvalue weighted by molar-refractivity contribution is -0.229. The fourth-order valence-electron chi connectivity index (χ4n) is 3.63. The van der Waals surface area contributed by atoms with E-state index in [0.717, 1.165) is 5.56 Å². The van der Waals surface area contributed by atoms with Gasteiger partial charge in [0.2, 0.25) is 0 Å². The van der Waals surface area contributed by atoms with Crippen LogP contribution in [0.1, 0.15) is 36.2 Å². The van der Waals surface area contributed by atoms with E-state index in [1.54, 1.807) is 24.3 Å². The first kappa shape index (κ1) is 20.0. The van der Waals surface area contributed by atoms with Crippen molar-refractivity contribution >= 4 is 5.97 Å². The second-order valence-electron chi connectivity index (χ2n) is 7.76. The van der Waals surface area contributed by atoms with Crippen LogP contribution in [0.2, 0.25) is 0 Å². The van der Waals surface area contributed by atoms with Crippen LogP contribution < -0.4 is 0 Å². The second-order valence-corrected chi connectivity index (χ2v) is 7.76. The molecule has 2 saturated heterocycles. The van der Waals surface area contributed by atoms with Crippen LogP contribution in [0.4, 0.5) is 0 Å². The highest BCUT2D eigenvalue weighted by atomic mass is 16.8. The number of hydrogen-bond acceptors (Lipinski definition) is 6. The second kappa shape index (κ2) is 8.63. The predicted molar refractivity (Wildman–Crippen MR) is 105 cm³/mol. The molecular weight excluding hydrogens is 372 g/mol. The standard InChI is InChI=1S/C23H26O6/c1-23(2)28-20-19(25-14-16-9-5-3-6-10-16)13-18(27-22(20)29-23)15-26-21(24)17-11-7-4-8-12-17/h3-12,18-20,22H,13-15H2,1-2H3/t18-,19?,20?,22-/m1/s1. The van der Waals surface area contributed by atoms with E-state index in [0.29, 0.717) is 18.6 Å². The van der Waals surface area contributed by atoms with Gasteiger partial charge in [-0.1, -0.05) is 48.5 Å². The Kier molecular flexibility index (Phi) is 5.96. The lowest BCUT2D eigenvalue weighted by Crippen LogP contribution is -2.49. The molecule has 4 atom stereocenters. The van der Waals surface area contributed by atoms with E-state index < -0.39 is 12.1 Å². The number of ether oxygens (including phenoxy) is 5. The number of carbonyl (C=O) groups is 1. The van der Waals surface area contributed by atoms with Crippen LogP contribution >= 0.6 is 0 Å². The molecule has 2 heterocycles. The minimum Gasteiger partial charge on any atom is -0.459 e. The average Bonchev–Trinajstić information content (AvgIpc) is 3.05. The van der Waals surface area contributed by atoms with Gasteiger partial charge in [-0.25, -0.2) is 4.79 Å². The van der Waals surface area contributed by atoms with Crippen molar-refractivity contribution in [1.82, 2.24) is 0 Å². The van der Waals surface area contributed by atoms with Crippen LogP contribution in [0.5, 0.6) is 0 Å². The fraction of sp³-hybridized carbons (Fsp3) is 0.435. The first-order valence-electron chi connectivity index (χ1n) is 9.89. The Bertz CT molecular complexity index is 807. The van der Waals surface area contributed by atoms with Crippen LogP contribution in [0.15, 0.2) is 60.7 Å². The molecule has 2 aromatic carbocycles. The molecule has 6 nitrogen and oxygen atoms in total. The predicted octanol–water partition coefficient (Wildman–Crippen LogP) is 3.70. The summed E-state index contributed by atoms with van der Waals surface area (Å²) < 4.78 is 29.6. The van der Waals surface area contributed by atoms with Gasteiger partial charge in [-0.3, -0.25) is 0 Å². The maximum absolute atomic E-state index is 12.2. The van der Waals surface area contributed by atoms with E-state index in [9.17, 15) is 4.79 Å². The van der Waals surface area contributed by atoms with Crippen molar-refractivity contribution in [3.63, 3.8) is 0 Å². The van der Waals surface area contributed by atoms with Crippen LogP contribution in [0.3, 0.4) is 0 Å². The smallest absolute Gasteiger partial charge is 0.338 e. The van der Waals surface area contributed by atoms with E-state index in [1.807, 2.05) is 50.2 Å². The van der Waals surface area contributed by atoms with Gasteiger partial charge in [0.05, 0.1) is 24.4 Å². The molecule has 0 bridgehead atoms. The first-order chi connectivity index (χ1) is 14.0. The molecule has 0 radical (unpaired) electrons. The van der Waals surface area contributed by atoms with Gasteiger partial charge in [0.15, 0.2) is 12.1 Å². The van der Waals surface area contributed by atoms with Gasteiger partial charge in [0.25, 0.3) is 0 Å². The van der Waals surface area contributed by atoms with Gasteiger partial charge < -0.3 is 23.7 Å². The van der Waals surface area contributed by atoms with Crippen molar-refractivity contribution in [2.75, 3.05) is 6.61 Å². The summed E-state index contributed by atoms with van der Waals surface area (Å²) in [6.07, 6.45) is -0.886. The summed E-state index contributed by atoms with van der Waals surface area (Å²) >= 11 is 0. The van der Waals surface area contributed by atoms with Crippen molar-refractivity contribution in [2.24, 2.45) is 0 Å². The van der Waals surface area contributed by atoms with Crippen LogP contribution in [-0.4, -0.2) is 43.0 Å². The van der Waals surface area contributed by atoms with E-state index in [-0.39, 0.29) is 30.9 Å². The third-order valence-corrected chi connectivity index (χ3v) is 4.99. The Morgan fingerprint density at radius 1 is 1.03 bits per heavy atom. The van der Waals surface area contributed by atoms with Crippen molar-refractivity contribution in [2.45, 2.75) is 57.3 Å². The van der Waals surface area contributed by atoms with Gasteiger partial charge in [-0.2, -0.15) is 0 Å². The highest BCUT2D eigenvalue weighted by molar-refractivity contribution is 5.89. The zero-order valence-corrected chi connectivity index (χ0v) is 16.7. The molecule has 0 spiro atoms. The van der Waals surface area contributed by atoms with E-state index in [1.165, 1.54) is 0 Å². The molecule has 154 valence electrons. The lowest BCUT2D eigenvalue weighted by atomic mass is 10.0. The molecule has 4 rings (SSSR count). The Labute approximate surface area is 170 Å². The molecule has 0 aliphatic carbocycles. The summed E-state index contributed by atoms with van der Waals surface area (Å²) in [5.41, 5.74) is 1.60. The van der Waals surface area contributed by atoms with Crippen LogP contribution in [0.25, 0.3) is 0 Å². The van der Waals surface area contributed by atoms with Gasteiger partial charge in [-0.05, 0) is 31.5 Å². The highest BCUT2D eigenvalue weighted by Crippen LogP contribution is 2.37. The number of carbonyl (C=O) groups excluding carboxylic acids is 1. The van der Waals surface area contributed by atoms with E-state index in [4.69, 9.17) is 23.7 Å². The normalized spacial score (nSPS) is 27.9. The number of rotatable bonds is 6. The first-order valence-corrected chi connectivity index (χ1v) is 9.89.